The van der Waals surface area contributed by atoms with E-state index in [9.17, 15) is 0 Å². The van der Waals surface area contributed by atoms with Crippen LogP contribution in [-0.4, -0.2) is 15.1 Å². The number of hydrogen-bond donors (Lipinski definition) is 1. The Kier molecular flexibility index (Phi) is 2.95. The van der Waals surface area contributed by atoms with Crippen molar-refractivity contribution in [3.63, 3.8) is 0 Å². The molecule has 0 aliphatic carbocycles. The molecule has 0 spiro atoms. The van der Waals surface area contributed by atoms with Crippen LogP contribution in [0.4, 0.5) is 5.69 Å². The van der Waals surface area contributed by atoms with Gasteiger partial charge in [0.15, 0.2) is 0 Å². The standard InChI is InChI=1S/C15H14N4O/c1-9-3-4-11(16)7-12(9)15-18-14(19-20-15)13-8-17-6-5-10(13)2/h3-8H,16H2,1-2H3. The van der Waals surface area contributed by atoms with Gasteiger partial charge in [0.05, 0.1) is 0 Å². The highest BCUT2D eigenvalue weighted by Gasteiger charge is 2.14. The van der Waals surface area contributed by atoms with E-state index >= 15 is 0 Å². The van der Waals surface area contributed by atoms with Crippen LogP contribution < -0.4 is 5.73 Å². The molecule has 1 aromatic carbocycles. The van der Waals surface area contributed by atoms with Gasteiger partial charge in [-0.05, 0) is 43.2 Å². The highest BCUT2D eigenvalue weighted by molar-refractivity contribution is 5.66. The molecule has 0 fully saturated rings. The first-order valence-electron chi connectivity index (χ1n) is 6.26. The highest BCUT2D eigenvalue weighted by atomic mass is 16.5. The Morgan fingerprint density at radius 3 is 2.65 bits per heavy atom. The highest BCUT2D eigenvalue weighted by Crippen LogP contribution is 2.27. The molecule has 0 unspecified atom stereocenters. The van der Waals surface area contributed by atoms with Crippen molar-refractivity contribution >= 4 is 5.69 Å². The van der Waals surface area contributed by atoms with Crippen molar-refractivity contribution in [2.24, 2.45) is 0 Å². The van der Waals surface area contributed by atoms with E-state index in [-0.39, 0.29) is 0 Å². The number of nitrogens with two attached hydrogens (primary N) is 1. The van der Waals surface area contributed by atoms with Crippen molar-refractivity contribution in [2.45, 2.75) is 13.8 Å². The maximum atomic E-state index is 5.81. The normalized spacial score (nSPS) is 10.7. The molecule has 20 heavy (non-hydrogen) atoms. The summed E-state index contributed by atoms with van der Waals surface area (Å²) < 4.78 is 5.35. The zero-order valence-corrected chi connectivity index (χ0v) is 11.3. The van der Waals surface area contributed by atoms with Gasteiger partial charge in [0.2, 0.25) is 5.82 Å². The van der Waals surface area contributed by atoms with Crippen LogP contribution in [0.3, 0.4) is 0 Å². The Bertz CT molecular complexity index is 764. The van der Waals surface area contributed by atoms with Crippen LogP contribution in [0.5, 0.6) is 0 Å². The van der Waals surface area contributed by atoms with E-state index < -0.39 is 0 Å². The van der Waals surface area contributed by atoms with Crippen molar-refractivity contribution in [3.8, 4) is 22.8 Å². The van der Waals surface area contributed by atoms with Gasteiger partial charge >= 0.3 is 0 Å². The minimum atomic E-state index is 0.466. The summed E-state index contributed by atoms with van der Waals surface area (Å²) in [5.74, 6) is 1.00. The summed E-state index contributed by atoms with van der Waals surface area (Å²) in [6.45, 7) is 3.97. The molecule has 0 amide bonds. The van der Waals surface area contributed by atoms with Gasteiger partial charge in [0.1, 0.15) is 0 Å². The predicted molar refractivity (Wildman–Crippen MR) is 76.9 cm³/mol. The number of rotatable bonds is 2. The average Bonchev–Trinajstić information content (AvgIpc) is 2.91. The molecule has 0 saturated carbocycles. The Morgan fingerprint density at radius 2 is 1.85 bits per heavy atom. The Morgan fingerprint density at radius 1 is 1.05 bits per heavy atom. The number of aryl methyl sites for hydroxylation is 2. The van der Waals surface area contributed by atoms with Crippen LogP contribution in [0, 0.1) is 13.8 Å². The molecule has 3 rings (SSSR count). The number of anilines is 1. The van der Waals surface area contributed by atoms with Crippen LogP contribution in [-0.2, 0) is 0 Å². The summed E-state index contributed by atoms with van der Waals surface area (Å²) in [5.41, 5.74) is 10.3. The molecular weight excluding hydrogens is 252 g/mol. The van der Waals surface area contributed by atoms with Gasteiger partial charge in [-0.1, -0.05) is 11.2 Å². The van der Waals surface area contributed by atoms with Gasteiger partial charge in [0.25, 0.3) is 5.89 Å². The lowest BCUT2D eigenvalue weighted by Gasteiger charge is -2.01. The molecule has 0 aliphatic heterocycles. The summed E-state index contributed by atoms with van der Waals surface area (Å²) in [6.07, 6.45) is 3.47. The number of benzene rings is 1. The maximum Gasteiger partial charge on any atom is 0.258 e. The van der Waals surface area contributed by atoms with E-state index in [2.05, 4.69) is 15.1 Å². The number of nitrogens with zero attached hydrogens (tertiary/aromatic N) is 3. The summed E-state index contributed by atoms with van der Waals surface area (Å²) in [4.78, 5) is 8.53. The molecule has 0 aliphatic rings. The largest absolute Gasteiger partial charge is 0.399 e. The number of nitrogen functional groups attached to an aromatic ring is 1. The van der Waals surface area contributed by atoms with Crippen molar-refractivity contribution in [1.29, 1.82) is 0 Å². The third-order valence-electron chi connectivity index (χ3n) is 3.20. The van der Waals surface area contributed by atoms with Crippen LogP contribution in [0.1, 0.15) is 11.1 Å². The topological polar surface area (TPSA) is 77.8 Å². The van der Waals surface area contributed by atoms with Gasteiger partial charge in [-0.3, -0.25) is 4.98 Å². The molecule has 5 heteroatoms. The molecule has 5 nitrogen and oxygen atoms in total. The zero-order chi connectivity index (χ0) is 14.1. The van der Waals surface area contributed by atoms with Gasteiger partial charge in [-0.25, -0.2) is 0 Å². The second kappa shape index (κ2) is 4.77. The first-order chi connectivity index (χ1) is 9.65. The van der Waals surface area contributed by atoms with Gasteiger partial charge in [-0.2, -0.15) is 4.98 Å². The first kappa shape index (κ1) is 12.3. The number of pyridine rings is 1. The van der Waals surface area contributed by atoms with Crippen molar-refractivity contribution in [2.75, 3.05) is 5.73 Å². The summed E-state index contributed by atoms with van der Waals surface area (Å²) >= 11 is 0. The van der Waals surface area contributed by atoms with Crippen LogP contribution in [0.25, 0.3) is 22.8 Å². The Labute approximate surface area is 116 Å². The van der Waals surface area contributed by atoms with E-state index in [1.54, 1.807) is 12.4 Å². The van der Waals surface area contributed by atoms with Crippen LogP contribution in [0.2, 0.25) is 0 Å². The van der Waals surface area contributed by atoms with E-state index in [1.165, 1.54) is 0 Å². The summed E-state index contributed by atoms with van der Waals surface area (Å²) in [6, 6.07) is 7.53. The average molecular weight is 266 g/mol. The lowest BCUT2D eigenvalue weighted by molar-refractivity contribution is 0.432. The number of hydrogen-bond acceptors (Lipinski definition) is 5. The molecule has 2 aromatic heterocycles. The molecule has 2 heterocycles. The van der Waals surface area contributed by atoms with Crippen molar-refractivity contribution in [3.05, 3.63) is 47.8 Å². The second-order valence-electron chi connectivity index (χ2n) is 4.69. The fourth-order valence-electron chi connectivity index (χ4n) is 2.01. The van der Waals surface area contributed by atoms with Crippen molar-refractivity contribution in [1.82, 2.24) is 15.1 Å². The Hall–Kier alpha value is -2.69. The first-order valence-corrected chi connectivity index (χ1v) is 6.26. The molecule has 0 bridgehead atoms. The molecular formula is C15H14N4O. The molecule has 0 saturated heterocycles. The van der Waals surface area contributed by atoms with E-state index in [0.29, 0.717) is 17.4 Å². The molecule has 2 N–H and O–H groups in total. The third kappa shape index (κ3) is 2.14. The van der Waals surface area contributed by atoms with E-state index in [1.807, 2.05) is 38.1 Å². The molecule has 100 valence electrons. The van der Waals surface area contributed by atoms with Crippen LogP contribution in [0.15, 0.2) is 41.2 Å². The Balaban J connectivity index is 2.07. The summed E-state index contributed by atoms with van der Waals surface area (Å²) in [7, 11) is 0. The lowest BCUT2D eigenvalue weighted by atomic mass is 10.1. The van der Waals surface area contributed by atoms with Crippen molar-refractivity contribution < 1.29 is 4.52 Å². The summed E-state index contributed by atoms with van der Waals surface area (Å²) in [5, 5.41) is 4.03. The minimum absolute atomic E-state index is 0.466. The maximum absolute atomic E-state index is 5.81. The predicted octanol–water partition coefficient (Wildman–Crippen LogP) is 3.00. The fraction of sp³-hybridized carbons (Fsp3) is 0.133. The smallest absolute Gasteiger partial charge is 0.258 e. The van der Waals surface area contributed by atoms with Gasteiger partial charge < -0.3 is 10.3 Å². The van der Waals surface area contributed by atoms with Gasteiger partial charge in [-0.15, -0.1) is 0 Å². The monoisotopic (exact) mass is 266 g/mol. The zero-order valence-electron chi connectivity index (χ0n) is 11.3. The number of aromatic nitrogens is 3. The van der Waals surface area contributed by atoms with E-state index in [4.69, 9.17) is 10.3 Å². The fourth-order valence-corrected chi connectivity index (χ4v) is 2.01. The van der Waals surface area contributed by atoms with Gasteiger partial charge in [0, 0.05) is 29.2 Å². The van der Waals surface area contributed by atoms with E-state index in [0.717, 1.165) is 22.3 Å². The minimum Gasteiger partial charge on any atom is -0.399 e. The second-order valence-corrected chi connectivity index (χ2v) is 4.69. The lowest BCUT2D eigenvalue weighted by Crippen LogP contribution is -1.90. The SMILES string of the molecule is Cc1ccncc1-c1noc(-c2cc(N)ccc2C)n1. The van der Waals surface area contributed by atoms with Crippen LogP contribution >= 0.6 is 0 Å². The third-order valence-corrected chi connectivity index (χ3v) is 3.20. The molecule has 0 atom stereocenters. The molecule has 0 radical (unpaired) electrons. The molecule has 3 aromatic rings. The quantitative estimate of drug-likeness (QED) is 0.721.